The lowest BCUT2D eigenvalue weighted by molar-refractivity contribution is -0.274. The first-order valence-electron chi connectivity index (χ1n) is 8.47. The van der Waals surface area contributed by atoms with Crippen LogP contribution in [0.4, 0.5) is 18.9 Å². The molecular weight excluding hydrogens is 403 g/mol. The Bertz CT molecular complexity index is 1080. The predicted molar refractivity (Wildman–Crippen MR) is 105 cm³/mol. The van der Waals surface area contributed by atoms with Gasteiger partial charge in [-0.3, -0.25) is 5.41 Å². The zero-order chi connectivity index (χ0) is 20.6. The van der Waals surface area contributed by atoms with Crippen LogP contribution >= 0.6 is 11.3 Å². The smallest absolute Gasteiger partial charge is 0.510 e. The van der Waals surface area contributed by atoms with Crippen molar-refractivity contribution in [3.63, 3.8) is 0 Å². The minimum atomic E-state index is -4.77. The van der Waals surface area contributed by atoms with Gasteiger partial charge in [0.1, 0.15) is 22.4 Å². The second-order valence-electron chi connectivity index (χ2n) is 6.20. The molecule has 2 N–H and O–H groups in total. The molecule has 9 heteroatoms. The van der Waals surface area contributed by atoms with E-state index < -0.39 is 6.36 Å². The van der Waals surface area contributed by atoms with Crippen molar-refractivity contribution >= 4 is 28.4 Å². The number of nitrogens with zero attached hydrogens (tertiary/aromatic N) is 2. The van der Waals surface area contributed by atoms with E-state index in [0.29, 0.717) is 16.3 Å². The molecule has 0 radical (unpaired) electrons. The third kappa shape index (κ3) is 3.95. The zero-order valence-corrected chi connectivity index (χ0v) is 15.6. The zero-order valence-electron chi connectivity index (χ0n) is 14.8. The fourth-order valence-electron chi connectivity index (χ4n) is 2.98. The summed E-state index contributed by atoms with van der Waals surface area (Å²) in [7, 11) is 0. The van der Waals surface area contributed by atoms with Gasteiger partial charge in [-0.2, -0.15) is 0 Å². The maximum atomic E-state index is 12.3. The van der Waals surface area contributed by atoms with Gasteiger partial charge >= 0.3 is 6.36 Å². The van der Waals surface area contributed by atoms with E-state index in [1.807, 2.05) is 35.7 Å². The lowest BCUT2D eigenvalue weighted by Crippen LogP contribution is -2.26. The number of thiazole rings is 1. The fourth-order valence-corrected chi connectivity index (χ4v) is 3.88. The van der Waals surface area contributed by atoms with E-state index >= 15 is 0 Å². The Morgan fingerprint density at radius 1 is 1.07 bits per heavy atom. The normalized spacial score (nSPS) is 14.6. The van der Waals surface area contributed by atoms with E-state index in [2.05, 4.69) is 9.72 Å². The van der Waals surface area contributed by atoms with Gasteiger partial charge in [0, 0.05) is 16.6 Å². The Balaban J connectivity index is 1.55. The maximum absolute atomic E-state index is 12.3. The fraction of sp³-hybridized carbons (Fsp3) is 0.100. The summed E-state index contributed by atoms with van der Waals surface area (Å²) in [6.45, 7) is 0.0356. The Kier molecular flexibility index (Phi) is 4.75. The van der Waals surface area contributed by atoms with Crippen LogP contribution in [0.3, 0.4) is 0 Å². The first-order chi connectivity index (χ1) is 13.8. The van der Waals surface area contributed by atoms with Crippen molar-refractivity contribution in [2.75, 3.05) is 11.4 Å². The molecule has 0 atom stereocenters. The lowest BCUT2D eigenvalue weighted by Gasteiger charge is -2.19. The van der Waals surface area contributed by atoms with Gasteiger partial charge in [0.2, 0.25) is 0 Å². The summed E-state index contributed by atoms with van der Waals surface area (Å²) in [4.78, 5) is 6.03. The molecular formula is C20H14F3N3O2S. The van der Waals surface area contributed by atoms with Crippen molar-refractivity contribution < 1.29 is 23.0 Å². The van der Waals surface area contributed by atoms with Crippen LogP contribution < -0.4 is 9.64 Å². The molecule has 3 aromatic rings. The third-order valence-electron chi connectivity index (χ3n) is 4.27. The SMILES string of the molecule is N=C1C(c2nc(-c3ccccc3)cs2)=C(O)CN1c1ccc(OC(F)(F)F)cc1. The second-order valence-corrected chi connectivity index (χ2v) is 7.06. The average Bonchev–Trinajstić information content (AvgIpc) is 3.26. The molecule has 0 saturated heterocycles. The number of aliphatic hydroxyl groups is 1. The molecule has 2 heterocycles. The van der Waals surface area contributed by atoms with E-state index in [-0.39, 0.29) is 23.9 Å². The number of aliphatic hydroxyl groups excluding tert-OH is 1. The number of amidine groups is 1. The number of nitrogens with one attached hydrogen (secondary N) is 1. The van der Waals surface area contributed by atoms with Crippen LogP contribution in [0.5, 0.6) is 5.75 Å². The second kappa shape index (κ2) is 7.25. The Hall–Kier alpha value is -3.33. The molecule has 1 aliphatic heterocycles. The van der Waals surface area contributed by atoms with Gasteiger partial charge in [-0.1, -0.05) is 30.3 Å². The van der Waals surface area contributed by atoms with Crippen molar-refractivity contribution in [3.05, 3.63) is 70.7 Å². The highest BCUT2D eigenvalue weighted by Gasteiger charge is 2.33. The molecule has 5 nitrogen and oxygen atoms in total. The van der Waals surface area contributed by atoms with Gasteiger partial charge in [0.05, 0.1) is 17.8 Å². The van der Waals surface area contributed by atoms with Crippen molar-refractivity contribution in [2.45, 2.75) is 6.36 Å². The predicted octanol–water partition coefficient (Wildman–Crippen LogP) is 5.48. The number of benzene rings is 2. The summed E-state index contributed by atoms with van der Waals surface area (Å²) in [5, 5.41) is 21.2. The van der Waals surface area contributed by atoms with Gasteiger partial charge in [-0.25, -0.2) is 4.98 Å². The molecule has 0 aliphatic carbocycles. The first-order valence-corrected chi connectivity index (χ1v) is 9.35. The molecule has 2 aromatic carbocycles. The quantitative estimate of drug-likeness (QED) is 0.590. The molecule has 0 amide bonds. The van der Waals surface area contributed by atoms with Crippen LogP contribution in [-0.2, 0) is 0 Å². The summed E-state index contributed by atoms with van der Waals surface area (Å²) in [5.74, 6) is -0.336. The van der Waals surface area contributed by atoms with Crippen LogP contribution in [-0.4, -0.2) is 28.8 Å². The number of halogens is 3. The molecule has 0 bridgehead atoms. The van der Waals surface area contributed by atoms with E-state index in [0.717, 1.165) is 11.3 Å². The van der Waals surface area contributed by atoms with E-state index in [4.69, 9.17) is 5.41 Å². The van der Waals surface area contributed by atoms with E-state index in [1.165, 1.54) is 40.5 Å². The van der Waals surface area contributed by atoms with Crippen LogP contribution in [0.25, 0.3) is 16.8 Å². The van der Waals surface area contributed by atoms with Gasteiger partial charge in [-0.05, 0) is 24.3 Å². The molecule has 0 unspecified atom stereocenters. The minimum Gasteiger partial charge on any atom is -0.510 e. The van der Waals surface area contributed by atoms with Crippen molar-refractivity contribution in [1.82, 2.24) is 4.98 Å². The number of alkyl halides is 3. The Labute approximate surface area is 167 Å². The van der Waals surface area contributed by atoms with Crippen LogP contribution in [0.15, 0.2) is 65.7 Å². The largest absolute Gasteiger partial charge is 0.573 e. The molecule has 4 rings (SSSR count). The third-order valence-corrected chi connectivity index (χ3v) is 5.13. The highest BCUT2D eigenvalue weighted by Crippen LogP contribution is 2.35. The maximum Gasteiger partial charge on any atom is 0.573 e. The number of rotatable bonds is 4. The standard InChI is InChI=1S/C20H14F3N3O2S/c21-20(22,23)28-14-8-6-13(7-9-14)26-10-16(27)17(18(26)24)19-25-15(11-29-19)12-4-2-1-3-5-12/h1-9,11,24,27H,10H2. The Morgan fingerprint density at radius 2 is 1.76 bits per heavy atom. The Morgan fingerprint density at radius 3 is 2.41 bits per heavy atom. The number of hydrogen-bond donors (Lipinski definition) is 2. The average molecular weight is 417 g/mol. The molecule has 1 aromatic heterocycles. The minimum absolute atomic E-state index is 0.0143. The first kappa shape index (κ1) is 19.0. The number of aromatic nitrogens is 1. The lowest BCUT2D eigenvalue weighted by atomic mass is 10.2. The summed E-state index contributed by atoms with van der Waals surface area (Å²) in [6, 6.07) is 14.7. The summed E-state index contributed by atoms with van der Waals surface area (Å²) >= 11 is 1.31. The molecule has 0 saturated carbocycles. The molecule has 0 fully saturated rings. The van der Waals surface area contributed by atoms with Crippen molar-refractivity contribution in [3.8, 4) is 17.0 Å². The van der Waals surface area contributed by atoms with Crippen LogP contribution in [0.1, 0.15) is 5.01 Å². The van der Waals surface area contributed by atoms with Gasteiger partial charge < -0.3 is 14.7 Å². The highest BCUT2D eigenvalue weighted by atomic mass is 32.1. The number of anilines is 1. The molecule has 1 aliphatic rings. The van der Waals surface area contributed by atoms with Crippen LogP contribution in [0.2, 0.25) is 0 Å². The topological polar surface area (TPSA) is 69.4 Å². The molecule has 148 valence electrons. The number of ether oxygens (including phenoxy) is 1. The van der Waals surface area contributed by atoms with Crippen molar-refractivity contribution in [1.29, 1.82) is 5.41 Å². The highest BCUT2D eigenvalue weighted by molar-refractivity contribution is 7.11. The molecule has 0 spiro atoms. The van der Waals surface area contributed by atoms with E-state index in [1.54, 1.807) is 0 Å². The van der Waals surface area contributed by atoms with Gasteiger partial charge in [0.25, 0.3) is 0 Å². The summed E-state index contributed by atoms with van der Waals surface area (Å²) < 4.78 is 40.8. The number of hydrogen-bond acceptors (Lipinski definition) is 5. The summed E-state index contributed by atoms with van der Waals surface area (Å²) in [5.41, 5.74) is 2.45. The van der Waals surface area contributed by atoms with Gasteiger partial charge in [0.15, 0.2) is 0 Å². The summed E-state index contributed by atoms with van der Waals surface area (Å²) in [6.07, 6.45) is -4.77. The van der Waals surface area contributed by atoms with Crippen molar-refractivity contribution in [2.24, 2.45) is 0 Å². The van der Waals surface area contributed by atoms with Gasteiger partial charge in [-0.15, -0.1) is 24.5 Å². The van der Waals surface area contributed by atoms with Crippen LogP contribution in [0, 0.1) is 5.41 Å². The molecule has 29 heavy (non-hydrogen) atoms. The monoisotopic (exact) mass is 417 g/mol. The van der Waals surface area contributed by atoms with E-state index in [9.17, 15) is 18.3 Å².